The van der Waals surface area contributed by atoms with Gasteiger partial charge in [0.05, 0.1) is 39.8 Å². The van der Waals surface area contributed by atoms with E-state index in [1.54, 1.807) is 66.2 Å². The van der Waals surface area contributed by atoms with Gasteiger partial charge in [0.2, 0.25) is 23.6 Å². The number of rotatable bonds is 24. The number of ether oxygens (including phenoxy) is 4. The first kappa shape index (κ1) is 62.6. The van der Waals surface area contributed by atoms with Crippen molar-refractivity contribution in [1.29, 1.82) is 5.26 Å². The number of aryl methyl sites for hydroxylation is 1. The minimum absolute atomic E-state index is 0.00407. The molecule has 5 amide bonds. The number of hydrogen-bond acceptors (Lipinski definition) is 13. The first-order valence-corrected chi connectivity index (χ1v) is 28.7. The fourth-order valence-electron chi connectivity index (χ4n) is 10.5. The molecule has 0 radical (unpaired) electrons. The number of halogens is 1. The maximum atomic E-state index is 14.7. The lowest BCUT2D eigenvalue weighted by atomic mass is 9.49. The lowest BCUT2D eigenvalue weighted by Crippen LogP contribution is -2.74. The molecular weight excluding hydrogens is 1060 g/mol. The number of esters is 1. The van der Waals surface area contributed by atoms with Crippen LogP contribution in [0.5, 0.6) is 11.5 Å². The van der Waals surface area contributed by atoms with Gasteiger partial charge in [0.1, 0.15) is 54.5 Å². The zero-order valence-corrected chi connectivity index (χ0v) is 50.1. The van der Waals surface area contributed by atoms with Crippen molar-refractivity contribution in [3.05, 3.63) is 99.6 Å². The third-order valence-electron chi connectivity index (χ3n) is 15.3. The van der Waals surface area contributed by atoms with Crippen molar-refractivity contribution in [2.75, 3.05) is 26.4 Å². The molecule has 5 atom stereocenters. The molecule has 1 aromatic heterocycles. The summed E-state index contributed by atoms with van der Waals surface area (Å²) in [6.45, 7) is 25.2. The Balaban J connectivity index is 0.991. The third kappa shape index (κ3) is 15.5. The van der Waals surface area contributed by atoms with Crippen LogP contribution in [0.25, 0.3) is 10.4 Å². The van der Waals surface area contributed by atoms with Crippen LogP contribution in [0.4, 0.5) is 0 Å². The van der Waals surface area contributed by atoms with Crippen LogP contribution in [-0.4, -0.2) is 108 Å². The summed E-state index contributed by atoms with van der Waals surface area (Å²) in [5.41, 5.74) is 3.79. The SMILES string of the molecule is Cc1ncsc1-c1ccc(CNC(=O)[C@@H]2C[C@@H](OC(=O)[C@@H](NC(=O)[C@@H](C)C(C)C)C(C)C)CN2C(=O)[C@@H](NC(=O)COCCCCOc2ccc(C(=O)N[C@H]3C(C)(C)[C@H](Oc4ccc(C#N)c(Cl)c4)C3(C)C)cc2)C(C)(C)C)cc1. The number of nitrogens with one attached hydrogen (secondary N) is 4. The van der Waals surface area contributed by atoms with E-state index in [0.717, 1.165) is 21.7 Å². The molecule has 3 aromatic carbocycles. The van der Waals surface area contributed by atoms with Crippen molar-refractivity contribution in [1.82, 2.24) is 31.2 Å². The Morgan fingerprint density at radius 1 is 0.875 bits per heavy atom. The molecule has 1 aliphatic heterocycles. The largest absolute Gasteiger partial charge is 0.494 e. The van der Waals surface area contributed by atoms with Gasteiger partial charge in [-0.1, -0.05) is 119 Å². The van der Waals surface area contributed by atoms with Crippen molar-refractivity contribution in [2.24, 2.45) is 34.0 Å². The first-order valence-electron chi connectivity index (χ1n) is 27.5. The monoisotopic (exact) mass is 1140 g/mol. The standard InChI is InChI=1S/C61H80ClN7O10S/c1-35(2)37(5)52(71)67-49(36(3)4)56(75)78-45-29-47(54(73)64-31-39-16-18-40(19-17-39)50-38(6)65-34-80-50)69(32-45)55(74)51(59(7,8)9)66-48(70)33-76-26-14-15-27-77-43-23-20-41(21-24-43)53(72)68-57-60(10,11)58(61(57,12)13)79-44-25-22-42(30-63)46(62)28-44/h16-25,28,34-37,45,47,49,51,57-58H,14-15,26-27,29,31-33H2,1-13H3,(H,64,73)(H,66,70)(H,67,71)(H,68,72)/t37-,45+,47-,49-,51+,57-,58-/m0/s1. The quantitative estimate of drug-likeness (QED) is 0.0380. The maximum absolute atomic E-state index is 14.7. The smallest absolute Gasteiger partial charge is 0.329 e. The highest BCUT2D eigenvalue weighted by atomic mass is 35.5. The zero-order valence-electron chi connectivity index (χ0n) is 48.5. The number of carbonyl (C=O) groups excluding carboxylic acids is 6. The van der Waals surface area contributed by atoms with Crippen molar-refractivity contribution in [3.63, 3.8) is 0 Å². The molecule has 1 aliphatic carbocycles. The molecule has 432 valence electrons. The molecule has 17 nitrogen and oxygen atoms in total. The maximum Gasteiger partial charge on any atom is 0.329 e. The molecule has 1 saturated heterocycles. The Kier molecular flexibility index (Phi) is 21.0. The van der Waals surface area contributed by atoms with Gasteiger partial charge >= 0.3 is 5.97 Å². The Bertz CT molecular complexity index is 2860. The average molecular weight is 1140 g/mol. The van der Waals surface area contributed by atoms with Crippen LogP contribution in [0.2, 0.25) is 5.02 Å². The van der Waals surface area contributed by atoms with Crippen molar-refractivity contribution < 1.29 is 47.7 Å². The molecule has 19 heteroatoms. The van der Waals surface area contributed by atoms with Gasteiger partial charge in [-0.3, -0.25) is 24.0 Å². The molecule has 2 fully saturated rings. The number of thiazole rings is 1. The predicted octanol–water partition coefficient (Wildman–Crippen LogP) is 9.22. The van der Waals surface area contributed by atoms with E-state index in [0.29, 0.717) is 47.1 Å². The highest BCUT2D eigenvalue weighted by molar-refractivity contribution is 7.13. The van der Waals surface area contributed by atoms with E-state index in [1.807, 2.05) is 107 Å². The second-order valence-corrected chi connectivity index (χ2v) is 25.3. The lowest BCUT2D eigenvalue weighted by Gasteiger charge is -2.63. The predicted molar refractivity (Wildman–Crippen MR) is 308 cm³/mol. The summed E-state index contributed by atoms with van der Waals surface area (Å²) in [7, 11) is 0. The summed E-state index contributed by atoms with van der Waals surface area (Å²) < 4.78 is 24.1. The van der Waals surface area contributed by atoms with Gasteiger partial charge in [0.15, 0.2) is 0 Å². The summed E-state index contributed by atoms with van der Waals surface area (Å²) in [6, 6.07) is 18.5. The number of aromatic nitrogens is 1. The summed E-state index contributed by atoms with van der Waals surface area (Å²) in [4.78, 5) is 89.4. The van der Waals surface area contributed by atoms with E-state index in [9.17, 15) is 34.0 Å². The van der Waals surface area contributed by atoms with E-state index in [-0.39, 0.29) is 74.4 Å². The molecule has 80 heavy (non-hydrogen) atoms. The number of nitrogens with zero attached hydrogens (tertiary/aromatic N) is 3. The molecule has 2 aliphatic rings. The normalized spacial score (nSPS) is 19.4. The van der Waals surface area contributed by atoms with Crippen molar-refractivity contribution in [3.8, 4) is 28.0 Å². The van der Waals surface area contributed by atoms with Gasteiger partial charge in [0, 0.05) is 54.0 Å². The van der Waals surface area contributed by atoms with E-state index in [1.165, 1.54) is 4.90 Å². The molecule has 4 aromatic rings. The molecule has 2 heterocycles. The second-order valence-electron chi connectivity index (χ2n) is 24.0. The second kappa shape index (κ2) is 26.8. The number of nitriles is 1. The van der Waals surface area contributed by atoms with Gasteiger partial charge in [-0.2, -0.15) is 5.26 Å². The molecule has 1 saturated carbocycles. The Morgan fingerprint density at radius 3 is 2.11 bits per heavy atom. The van der Waals surface area contributed by atoms with Crippen molar-refractivity contribution in [2.45, 2.75) is 152 Å². The summed E-state index contributed by atoms with van der Waals surface area (Å²) >= 11 is 7.80. The van der Waals surface area contributed by atoms with Crippen LogP contribution < -0.4 is 30.7 Å². The fourth-order valence-corrected chi connectivity index (χ4v) is 11.6. The number of carbonyl (C=O) groups is 6. The van der Waals surface area contributed by atoms with E-state index in [2.05, 4.69) is 32.3 Å². The van der Waals surface area contributed by atoms with E-state index in [4.69, 9.17) is 30.5 Å². The molecule has 6 rings (SSSR count). The van der Waals surface area contributed by atoms with E-state index < -0.39 is 64.2 Å². The van der Waals surface area contributed by atoms with Crippen LogP contribution in [0, 0.1) is 52.3 Å². The zero-order chi connectivity index (χ0) is 58.9. The minimum atomic E-state index is -1.08. The number of unbranched alkanes of at least 4 members (excludes halogenated alkanes) is 1. The third-order valence-corrected chi connectivity index (χ3v) is 16.6. The summed E-state index contributed by atoms with van der Waals surface area (Å²) in [5, 5.41) is 21.5. The molecule has 0 unspecified atom stereocenters. The Labute approximate surface area is 480 Å². The highest BCUT2D eigenvalue weighted by Crippen LogP contribution is 2.55. The number of hydrogen-bond donors (Lipinski definition) is 4. The van der Waals surface area contributed by atoms with Gasteiger partial charge in [0.25, 0.3) is 5.91 Å². The Hall–Kier alpha value is -6.55. The molecule has 0 bridgehead atoms. The van der Waals surface area contributed by atoms with Crippen LogP contribution in [0.15, 0.2) is 72.2 Å². The molecule has 0 spiro atoms. The fraction of sp³-hybridized carbons (Fsp3) is 0.541. The van der Waals surface area contributed by atoms with E-state index >= 15 is 0 Å². The highest BCUT2D eigenvalue weighted by Gasteiger charge is 2.64. The van der Waals surface area contributed by atoms with Gasteiger partial charge < -0.3 is 45.1 Å². The number of benzene rings is 3. The van der Waals surface area contributed by atoms with Crippen LogP contribution in [0.1, 0.15) is 130 Å². The first-order chi connectivity index (χ1) is 37.6. The molecular formula is C61H80ClN7O10S. The minimum Gasteiger partial charge on any atom is -0.494 e. The van der Waals surface area contributed by atoms with Crippen LogP contribution in [0.3, 0.4) is 0 Å². The van der Waals surface area contributed by atoms with Gasteiger partial charge in [-0.15, -0.1) is 11.3 Å². The van der Waals surface area contributed by atoms with Gasteiger partial charge in [-0.05, 0) is 84.5 Å². The lowest BCUT2D eigenvalue weighted by molar-refractivity contribution is -0.164. The number of amides is 5. The van der Waals surface area contributed by atoms with Crippen molar-refractivity contribution >= 4 is 58.4 Å². The van der Waals surface area contributed by atoms with Gasteiger partial charge in [-0.25, -0.2) is 9.78 Å². The Morgan fingerprint density at radius 2 is 1.52 bits per heavy atom. The van der Waals surface area contributed by atoms with Crippen LogP contribution in [-0.2, 0) is 40.0 Å². The molecule has 4 N–H and O–H groups in total. The topological polar surface area (TPSA) is 227 Å². The summed E-state index contributed by atoms with van der Waals surface area (Å²) in [5.74, 6) is -2.09. The number of likely N-dealkylation sites (tertiary alicyclic amines) is 1. The van der Waals surface area contributed by atoms with Crippen LogP contribution >= 0.6 is 22.9 Å². The summed E-state index contributed by atoms with van der Waals surface area (Å²) in [6.07, 6.45) is 0.0742. The average Bonchev–Trinajstić information content (AvgIpc) is 4.05.